The number of hydrogen-bond acceptors (Lipinski definition) is 5. The molecule has 3 aliphatic heterocycles. The predicted octanol–water partition coefficient (Wildman–Crippen LogP) is 3.36. The molecular weight excluding hydrogens is 444 g/mol. The number of para-hydroxylation sites is 2. The van der Waals surface area contributed by atoms with Crippen LogP contribution in [0.1, 0.15) is 45.6 Å². The van der Waals surface area contributed by atoms with Gasteiger partial charge in [0.25, 0.3) is 5.91 Å². The minimum absolute atomic E-state index is 0.0536. The fourth-order valence-corrected chi connectivity index (χ4v) is 6.63. The molecule has 186 valence electrons. The molecule has 35 heavy (non-hydrogen) atoms. The van der Waals surface area contributed by atoms with Gasteiger partial charge in [0.05, 0.1) is 36.5 Å². The number of aliphatic hydroxyl groups is 2. The zero-order valence-electron chi connectivity index (χ0n) is 20.6. The molecule has 0 unspecified atom stereocenters. The number of benzene rings is 2. The van der Waals surface area contributed by atoms with Gasteiger partial charge in [-0.1, -0.05) is 43.3 Å². The summed E-state index contributed by atoms with van der Waals surface area (Å²) in [6.07, 6.45) is 1.04. The van der Waals surface area contributed by atoms with E-state index in [1.807, 2.05) is 61.5 Å². The Morgan fingerprint density at radius 2 is 1.83 bits per heavy atom. The van der Waals surface area contributed by atoms with E-state index >= 15 is 0 Å². The van der Waals surface area contributed by atoms with Gasteiger partial charge in [-0.25, -0.2) is 0 Å². The Hall–Kier alpha value is -2.74. The van der Waals surface area contributed by atoms with Gasteiger partial charge in [0, 0.05) is 29.6 Å². The predicted molar refractivity (Wildman–Crippen MR) is 132 cm³/mol. The highest BCUT2D eigenvalue weighted by Crippen LogP contribution is 2.58. The second-order valence-electron chi connectivity index (χ2n) is 10.6. The molecule has 2 aromatic rings. The molecule has 0 saturated carbocycles. The fraction of sp³-hybridized carbons (Fsp3) is 0.500. The van der Waals surface area contributed by atoms with Gasteiger partial charge < -0.3 is 19.8 Å². The Kier molecular flexibility index (Phi) is 5.98. The van der Waals surface area contributed by atoms with Gasteiger partial charge >= 0.3 is 0 Å². The maximum atomic E-state index is 14.2. The smallest absolute Gasteiger partial charge is 0.268 e. The molecule has 1 spiro atoms. The third-order valence-electron chi connectivity index (χ3n) is 8.10. The van der Waals surface area contributed by atoms with E-state index < -0.39 is 23.2 Å². The standard InChI is InChI=1S/C28H34N2O5/c1-18-25(27(2,3)34)23(16-24(32)29-15-9-12-20(29)17-31)35-28(18)21-13-7-8-14-22(21)30(26(28)33)19-10-5-4-6-11-19/h4-8,10-11,13-14,18,20,23,25,31,34H,9,12,15-17H2,1-3H3/t18-,20+,23+,25-,28+/m1/s1. The monoisotopic (exact) mass is 478 g/mol. The molecule has 0 aromatic heterocycles. The van der Waals surface area contributed by atoms with E-state index in [4.69, 9.17) is 4.74 Å². The number of aliphatic hydroxyl groups excluding tert-OH is 1. The van der Waals surface area contributed by atoms with Gasteiger partial charge in [-0.3, -0.25) is 14.5 Å². The number of carbonyl (C=O) groups excluding carboxylic acids is 2. The molecular formula is C28H34N2O5. The Morgan fingerprint density at radius 3 is 2.51 bits per heavy atom. The van der Waals surface area contributed by atoms with E-state index in [1.54, 1.807) is 23.6 Å². The zero-order chi connectivity index (χ0) is 25.0. The van der Waals surface area contributed by atoms with Crippen LogP contribution in [-0.2, 0) is 19.9 Å². The number of likely N-dealkylation sites (tertiary alicyclic amines) is 1. The van der Waals surface area contributed by atoms with Crippen LogP contribution in [0.15, 0.2) is 54.6 Å². The van der Waals surface area contributed by atoms with Gasteiger partial charge in [-0.05, 0) is 44.9 Å². The highest BCUT2D eigenvalue weighted by atomic mass is 16.5. The van der Waals surface area contributed by atoms with Crippen LogP contribution in [0.4, 0.5) is 11.4 Å². The first-order valence-electron chi connectivity index (χ1n) is 12.5. The molecule has 2 N–H and O–H groups in total. The van der Waals surface area contributed by atoms with Crippen LogP contribution in [-0.4, -0.2) is 57.8 Å². The lowest BCUT2D eigenvalue weighted by molar-refractivity contribution is -0.150. The zero-order valence-corrected chi connectivity index (χ0v) is 20.6. The molecule has 2 fully saturated rings. The van der Waals surface area contributed by atoms with Crippen LogP contribution < -0.4 is 4.90 Å². The molecule has 7 heteroatoms. The van der Waals surface area contributed by atoms with E-state index in [0.29, 0.717) is 6.54 Å². The van der Waals surface area contributed by atoms with Gasteiger partial charge in [-0.2, -0.15) is 0 Å². The number of hydrogen-bond donors (Lipinski definition) is 2. The van der Waals surface area contributed by atoms with Gasteiger partial charge in [0.1, 0.15) is 0 Å². The fourth-order valence-electron chi connectivity index (χ4n) is 6.63. The third-order valence-corrected chi connectivity index (χ3v) is 8.10. The van der Waals surface area contributed by atoms with Crippen LogP contribution >= 0.6 is 0 Å². The van der Waals surface area contributed by atoms with Crippen molar-refractivity contribution in [3.63, 3.8) is 0 Å². The molecule has 0 aliphatic carbocycles. The van der Waals surface area contributed by atoms with Crippen molar-refractivity contribution in [2.24, 2.45) is 11.8 Å². The van der Waals surface area contributed by atoms with Crippen LogP contribution in [0.2, 0.25) is 0 Å². The molecule has 2 amide bonds. The summed E-state index contributed by atoms with van der Waals surface area (Å²) in [5.41, 5.74) is -0.203. The summed E-state index contributed by atoms with van der Waals surface area (Å²) >= 11 is 0. The van der Waals surface area contributed by atoms with Crippen molar-refractivity contribution in [2.75, 3.05) is 18.1 Å². The summed E-state index contributed by atoms with van der Waals surface area (Å²) in [4.78, 5) is 31.0. The molecule has 2 aromatic carbocycles. The minimum Gasteiger partial charge on any atom is -0.394 e. The normalized spacial score (nSPS) is 30.4. The second kappa shape index (κ2) is 8.73. The molecule has 5 atom stereocenters. The molecule has 7 nitrogen and oxygen atoms in total. The average molecular weight is 479 g/mol. The molecule has 5 rings (SSSR count). The van der Waals surface area contributed by atoms with Crippen LogP contribution in [0, 0.1) is 11.8 Å². The van der Waals surface area contributed by atoms with Crippen molar-refractivity contribution in [1.82, 2.24) is 4.90 Å². The molecule has 3 aliphatic rings. The van der Waals surface area contributed by atoms with E-state index in [0.717, 1.165) is 29.8 Å². The Bertz CT molecular complexity index is 1110. The quantitative estimate of drug-likeness (QED) is 0.688. The highest BCUT2D eigenvalue weighted by Gasteiger charge is 2.66. The van der Waals surface area contributed by atoms with Gasteiger partial charge in [0.2, 0.25) is 5.91 Å². The largest absolute Gasteiger partial charge is 0.394 e. The Morgan fingerprint density at radius 1 is 1.14 bits per heavy atom. The van der Waals surface area contributed by atoms with E-state index in [-0.39, 0.29) is 36.8 Å². The van der Waals surface area contributed by atoms with E-state index in [9.17, 15) is 19.8 Å². The SMILES string of the molecule is C[C@@H]1[C@@H](C(C)(C)O)[C@H](CC(=O)N2CCC[C@H]2CO)O[C@@]12C(=O)N(c1ccccc1)c1ccccc12. The summed E-state index contributed by atoms with van der Waals surface area (Å²) in [5, 5.41) is 20.9. The van der Waals surface area contributed by atoms with Crippen LogP contribution in [0.5, 0.6) is 0 Å². The van der Waals surface area contributed by atoms with Crippen molar-refractivity contribution >= 4 is 23.2 Å². The number of carbonyl (C=O) groups is 2. The van der Waals surface area contributed by atoms with Crippen molar-refractivity contribution in [1.29, 1.82) is 0 Å². The van der Waals surface area contributed by atoms with Crippen LogP contribution in [0.3, 0.4) is 0 Å². The number of nitrogens with zero attached hydrogens (tertiary/aromatic N) is 2. The highest BCUT2D eigenvalue weighted by molar-refractivity contribution is 6.12. The molecule has 3 heterocycles. The number of amides is 2. The Balaban J connectivity index is 1.55. The molecule has 0 bridgehead atoms. The summed E-state index contributed by atoms with van der Waals surface area (Å²) in [6, 6.07) is 16.9. The molecule has 2 saturated heterocycles. The number of fused-ring (bicyclic) bond motifs is 2. The first-order chi connectivity index (χ1) is 16.7. The maximum Gasteiger partial charge on any atom is 0.268 e. The van der Waals surface area contributed by atoms with E-state index in [2.05, 4.69) is 0 Å². The van der Waals surface area contributed by atoms with Crippen molar-refractivity contribution in [3.05, 3.63) is 60.2 Å². The Labute approximate surface area is 206 Å². The third kappa shape index (κ3) is 3.68. The average Bonchev–Trinajstić information content (AvgIpc) is 3.49. The topological polar surface area (TPSA) is 90.3 Å². The first kappa shape index (κ1) is 24.0. The number of ether oxygens (including phenoxy) is 1. The number of anilines is 2. The van der Waals surface area contributed by atoms with Crippen LogP contribution in [0.25, 0.3) is 0 Å². The van der Waals surface area contributed by atoms with Crippen molar-refractivity contribution in [2.45, 2.75) is 63.4 Å². The van der Waals surface area contributed by atoms with Crippen molar-refractivity contribution < 1.29 is 24.5 Å². The first-order valence-corrected chi connectivity index (χ1v) is 12.5. The van der Waals surface area contributed by atoms with Gasteiger partial charge in [0.15, 0.2) is 5.60 Å². The summed E-state index contributed by atoms with van der Waals surface area (Å²) in [5.74, 6) is -1.14. The lowest BCUT2D eigenvalue weighted by Gasteiger charge is -2.34. The second-order valence-corrected chi connectivity index (χ2v) is 10.6. The summed E-state index contributed by atoms with van der Waals surface area (Å²) in [7, 11) is 0. The molecule has 0 radical (unpaired) electrons. The number of rotatable bonds is 5. The summed E-state index contributed by atoms with van der Waals surface area (Å²) < 4.78 is 6.69. The minimum atomic E-state index is -1.30. The van der Waals surface area contributed by atoms with Crippen molar-refractivity contribution in [3.8, 4) is 0 Å². The van der Waals surface area contributed by atoms with Gasteiger partial charge in [-0.15, -0.1) is 0 Å². The lowest BCUT2D eigenvalue weighted by atomic mass is 9.71. The maximum absolute atomic E-state index is 14.2. The van der Waals surface area contributed by atoms with E-state index in [1.165, 1.54) is 0 Å². The summed E-state index contributed by atoms with van der Waals surface area (Å²) in [6.45, 7) is 5.93. The lowest BCUT2D eigenvalue weighted by Crippen LogP contribution is -2.46.